The van der Waals surface area contributed by atoms with E-state index < -0.39 is 12.6 Å². The van der Waals surface area contributed by atoms with E-state index in [1.54, 1.807) is 7.11 Å². The van der Waals surface area contributed by atoms with Crippen LogP contribution in [0.2, 0.25) is 0 Å². The van der Waals surface area contributed by atoms with E-state index in [1.165, 1.54) is 0 Å². The fourth-order valence-corrected chi connectivity index (χ4v) is 2.38. The Morgan fingerprint density at radius 2 is 2.05 bits per heavy atom. The zero-order valence-electron chi connectivity index (χ0n) is 11.0. The number of alkyl halides is 3. The maximum absolute atomic E-state index is 12.1. The highest BCUT2D eigenvalue weighted by molar-refractivity contribution is 7.71. The van der Waals surface area contributed by atoms with Gasteiger partial charge in [-0.15, -0.1) is 0 Å². The van der Waals surface area contributed by atoms with Crippen LogP contribution in [-0.4, -0.2) is 22.8 Å². The Morgan fingerprint density at radius 1 is 1.30 bits per heavy atom. The summed E-state index contributed by atoms with van der Waals surface area (Å²) in [4.78, 5) is 3.04. The van der Waals surface area contributed by atoms with Gasteiger partial charge < -0.3 is 14.3 Å². The van der Waals surface area contributed by atoms with Crippen molar-refractivity contribution in [3.63, 3.8) is 0 Å². The van der Waals surface area contributed by atoms with Crippen molar-refractivity contribution in [3.05, 3.63) is 23.0 Å². The third-order valence-electron chi connectivity index (χ3n) is 3.07. The quantitative estimate of drug-likeness (QED) is 0.654. The molecule has 3 nitrogen and oxygen atoms in total. The van der Waals surface area contributed by atoms with E-state index >= 15 is 0 Å². The van der Waals surface area contributed by atoms with Crippen LogP contribution < -0.4 is 4.74 Å². The molecule has 0 atom stereocenters. The Kier molecular flexibility index (Phi) is 4.37. The number of H-pyrrole nitrogens is 1. The predicted molar refractivity (Wildman–Crippen MR) is 73.6 cm³/mol. The summed E-state index contributed by atoms with van der Waals surface area (Å²) in [6, 6.07) is 5.48. The highest BCUT2D eigenvalue weighted by Crippen LogP contribution is 2.24. The standard InChI is InChI=1S/C13H15F3N2OS/c1-19-9-4-5-10-11(8-9)18(12(20)17-10)7-3-2-6-13(14,15)16/h4-5,8H,2-3,6-7H2,1H3,(H,17,20). The van der Waals surface area contributed by atoms with E-state index in [4.69, 9.17) is 17.0 Å². The Labute approximate surface area is 119 Å². The number of fused-ring (bicyclic) bond motifs is 1. The topological polar surface area (TPSA) is 29.9 Å². The fraction of sp³-hybridized carbons (Fsp3) is 0.462. The SMILES string of the molecule is COc1ccc2[nH]c(=S)n(CCCCC(F)(F)F)c2c1. The van der Waals surface area contributed by atoms with Crippen molar-refractivity contribution in [2.75, 3.05) is 7.11 Å². The normalized spacial score (nSPS) is 12.0. The summed E-state index contributed by atoms with van der Waals surface area (Å²) in [7, 11) is 1.57. The molecule has 1 aromatic carbocycles. The van der Waals surface area contributed by atoms with Crippen LogP contribution in [0.4, 0.5) is 13.2 Å². The number of rotatable bonds is 5. The zero-order valence-corrected chi connectivity index (χ0v) is 11.8. The third-order valence-corrected chi connectivity index (χ3v) is 3.40. The lowest BCUT2D eigenvalue weighted by molar-refractivity contribution is -0.135. The first-order valence-corrected chi connectivity index (χ1v) is 6.65. The van der Waals surface area contributed by atoms with Crippen LogP contribution in [0, 0.1) is 4.77 Å². The first-order valence-electron chi connectivity index (χ1n) is 6.24. The Morgan fingerprint density at radius 3 is 2.70 bits per heavy atom. The molecule has 7 heteroatoms. The van der Waals surface area contributed by atoms with E-state index in [0.717, 1.165) is 11.0 Å². The van der Waals surface area contributed by atoms with Crippen LogP contribution in [0.15, 0.2) is 18.2 Å². The number of halogens is 3. The zero-order chi connectivity index (χ0) is 14.8. The first-order chi connectivity index (χ1) is 9.40. The number of benzene rings is 1. The van der Waals surface area contributed by atoms with Gasteiger partial charge in [-0.2, -0.15) is 13.2 Å². The minimum Gasteiger partial charge on any atom is -0.497 e. The van der Waals surface area contributed by atoms with Gasteiger partial charge in [0.15, 0.2) is 4.77 Å². The molecule has 0 aliphatic carbocycles. The molecular weight excluding hydrogens is 289 g/mol. The number of aryl methyl sites for hydroxylation is 1. The summed E-state index contributed by atoms with van der Waals surface area (Å²) in [6.45, 7) is 0.460. The third kappa shape index (κ3) is 3.53. The van der Waals surface area contributed by atoms with Crippen molar-refractivity contribution < 1.29 is 17.9 Å². The van der Waals surface area contributed by atoms with Crippen LogP contribution in [-0.2, 0) is 6.54 Å². The van der Waals surface area contributed by atoms with Crippen molar-refractivity contribution in [2.45, 2.75) is 32.0 Å². The number of ether oxygens (including phenoxy) is 1. The minimum atomic E-state index is -4.09. The molecule has 1 N–H and O–H groups in total. The van der Waals surface area contributed by atoms with E-state index in [1.807, 2.05) is 22.8 Å². The summed E-state index contributed by atoms with van der Waals surface area (Å²) in [5.74, 6) is 0.690. The molecule has 110 valence electrons. The number of aromatic amines is 1. The highest BCUT2D eigenvalue weighted by atomic mass is 32.1. The molecule has 0 fully saturated rings. The van der Waals surface area contributed by atoms with Gasteiger partial charge in [-0.25, -0.2) is 0 Å². The second-order valence-electron chi connectivity index (χ2n) is 4.54. The van der Waals surface area contributed by atoms with Crippen molar-refractivity contribution in [3.8, 4) is 5.75 Å². The number of nitrogens with zero attached hydrogens (tertiary/aromatic N) is 1. The second kappa shape index (κ2) is 5.87. The van der Waals surface area contributed by atoms with Gasteiger partial charge in [-0.3, -0.25) is 0 Å². The van der Waals surface area contributed by atoms with Gasteiger partial charge in [0.25, 0.3) is 0 Å². The molecule has 20 heavy (non-hydrogen) atoms. The summed E-state index contributed by atoms with van der Waals surface area (Å²) >= 11 is 5.20. The number of imidazole rings is 1. The number of hydrogen-bond donors (Lipinski definition) is 1. The van der Waals surface area contributed by atoms with Crippen LogP contribution in [0.5, 0.6) is 5.75 Å². The van der Waals surface area contributed by atoms with Gasteiger partial charge in [-0.1, -0.05) is 0 Å². The molecule has 0 bridgehead atoms. The number of hydrogen-bond acceptors (Lipinski definition) is 2. The molecule has 0 spiro atoms. The summed E-state index contributed by atoms with van der Waals surface area (Å²) in [6.07, 6.45) is -4.32. The molecule has 0 unspecified atom stereocenters. The average Bonchev–Trinajstić information content (AvgIpc) is 2.68. The Balaban J connectivity index is 2.13. The molecule has 1 aromatic heterocycles. The molecular formula is C13H15F3N2OS. The smallest absolute Gasteiger partial charge is 0.389 e. The maximum atomic E-state index is 12.1. The molecule has 2 aromatic rings. The Hall–Kier alpha value is -1.50. The van der Waals surface area contributed by atoms with Crippen LogP contribution in [0.25, 0.3) is 11.0 Å². The molecule has 1 heterocycles. The molecule has 0 aliphatic heterocycles. The van der Waals surface area contributed by atoms with Gasteiger partial charge in [0, 0.05) is 19.0 Å². The largest absolute Gasteiger partial charge is 0.497 e. The number of nitrogens with one attached hydrogen (secondary N) is 1. The first kappa shape index (κ1) is 14.9. The van der Waals surface area contributed by atoms with E-state index in [-0.39, 0.29) is 6.42 Å². The molecule has 0 saturated heterocycles. The molecule has 0 radical (unpaired) electrons. The predicted octanol–water partition coefficient (Wildman–Crippen LogP) is 4.44. The molecule has 0 saturated carbocycles. The van der Waals surface area contributed by atoms with Gasteiger partial charge in [-0.05, 0) is 37.2 Å². The van der Waals surface area contributed by atoms with E-state index in [0.29, 0.717) is 23.5 Å². The van der Waals surface area contributed by atoms with Crippen molar-refractivity contribution in [2.24, 2.45) is 0 Å². The lowest BCUT2D eigenvalue weighted by Gasteiger charge is -2.07. The highest BCUT2D eigenvalue weighted by Gasteiger charge is 2.25. The van der Waals surface area contributed by atoms with Crippen LogP contribution in [0.3, 0.4) is 0 Å². The van der Waals surface area contributed by atoms with Gasteiger partial charge in [0.05, 0.1) is 18.1 Å². The average molecular weight is 304 g/mol. The minimum absolute atomic E-state index is 0.0991. The van der Waals surface area contributed by atoms with Crippen molar-refractivity contribution >= 4 is 23.3 Å². The maximum Gasteiger partial charge on any atom is 0.389 e. The van der Waals surface area contributed by atoms with Crippen LogP contribution >= 0.6 is 12.2 Å². The van der Waals surface area contributed by atoms with E-state index in [9.17, 15) is 13.2 Å². The second-order valence-corrected chi connectivity index (χ2v) is 4.92. The Bertz CT molecular complexity index is 645. The number of methoxy groups -OCH3 is 1. The van der Waals surface area contributed by atoms with Crippen molar-refractivity contribution in [1.82, 2.24) is 9.55 Å². The monoisotopic (exact) mass is 304 g/mol. The summed E-state index contributed by atoms with van der Waals surface area (Å²) in [5.41, 5.74) is 1.70. The van der Waals surface area contributed by atoms with Gasteiger partial charge in [0.2, 0.25) is 0 Å². The fourth-order valence-electron chi connectivity index (χ4n) is 2.08. The lowest BCUT2D eigenvalue weighted by atomic mass is 10.2. The number of aromatic nitrogens is 2. The summed E-state index contributed by atoms with van der Waals surface area (Å²) < 4.78 is 43.8. The van der Waals surface area contributed by atoms with Gasteiger partial charge >= 0.3 is 6.18 Å². The molecule has 0 aliphatic rings. The van der Waals surface area contributed by atoms with Crippen molar-refractivity contribution in [1.29, 1.82) is 0 Å². The lowest BCUT2D eigenvalue weighted by Crippen LogP contribution is -2.07. The van der Waals surface area contributed by atoms with E-state index in [2.05, 4.69) is 4.98 Å². The summed E-state index contributed by atoms with van der Waals surface area (Å²) in [5, 5.41) is 0. The molecule has 0 amide bonds. The van der Waals surface area contributed by atoms with Gasteiger partial charge in [0.1, 0.15) is 5.75 Å². The molecule has 2 rings (SSSR count). The number of unbranched alkanes of at least 4 members (excludes halogenated alkanes) is 1. The van der Waals surface area contributed by atoms with Crippen LogP contribution in [0.1, 0.15) is 19.3 Å².